The number of carbonyl (C=O) groups excluding carboxylic acids is 3. The lowest BCUT2D eigenvalue weighted by Gasteiger charge is -2.21. The van der Waals surface area contributed by atoms with Crippen LogP contribution in [-0.4, -0.2) is 77.4 Å². The molecule has 1 saturated heterocycles. The van der Waals surface area contributed by atoms with Gasteiger partial charge < -0.3 is 30.5 Å². The van der Waals surface area contributed by atoms with E-state index >= 15 is 0 Å². The summed E-state index contributed by atoms with van der Waals surface area (Å²) in [4.78, 5) is 48.6. The highest BCUT2D eigenvalue weighted by molar-refractivity contribution is 5.89. The van der Waals surface area contributed by atoms with Gasteiger partial charge in [-0.3, -0.25) is 9.59 Å². The molecule has 2 aromatic rings. The van der Waals surface area contributed by atoms with Gasteiger partial charge in [-0.2, -0.15) is 0 Å². The van der Waals surface area contributed by atoms with Gasteiger partial charge in [0.05, 0.1) is 12.6 Å². The number of carboxylic acid groups (broad SMARTS) is 1. The van der Waals surface area contributed by atoms with E-state index in [0.717, 1.165) is 27.2 Å². The number of ether oxygens (including phenoxy) is 1. The Balaban J connectivity index is 1.23. The van der Waals surface area contributed by atoms with Crippen molar-refractivity contribution in [2.24, 2.45) is 0 Å². The van der Waals surface area contributed by atoms with Crippen LogP contribution in [0.1, 0.15) is 23.5 Å². The van der Waals surface area contributed by atoms with Gasteiger partial charge in [-0.25, -0.2) is 9.59 Å². The van der Waals surface area contributed by atoms with Crippen molar-refractivity contribution in [3.63, 3.8) is 0 Å². The Bertz CT molecular complexity index is 1070. The molecule has 1 aliphatic heterocycles. The molecular weight excluding hydrogens is 442 g/mol. The fourth-order valence-corrected chi connectivity index (χ4v) is 4.46. The molecule has 0 bridgehead atoms. The number of likely N-dealkylation sites (tertiary alicyclic amines) is 1. The van der Waals surface area contributed by atoms with Gasteiger partial charge in [-0.1, -0.05) is 48.5 Å². The number of aliphatic hydroxyl groups excluding tert-OH is 1. The summed E-state index contributed by atoms with van der Waals surface area (Å²) in [7, 11) is 0. The van der Waals surface area contributed by atoms with Crippen LogP contribution in [0.15, 0.2) is 48.5 Å². The Hall–Kier alpha value is -3.92. The third kappa shape index (κ3) is 4.86. The maximum atomic E-state index is 12.2. The first-order valence-corrected chi connectivity index (χ1v) is 10.9. The Morgan fingerprint density at radius 2 is 1.56 bits per heavy atom. The summed E-state index contributed by atoms with van der Waals surface area (Å²) in [5.74, 6) is -2.58. The second kappa shape index (κ2) is 9.92. The Kier molecular flexibility index (Phi) is 6.78. The maximum Gasteiger partial charge on any atom is 0.407 e. The second-order valence-electron chi connectivity index (χ2n) is 8.25. The maximum absolute atomic E-state index is 12.2. The van der Waals surface area contributed by atoms with Crippen LogP contribution < -0.4 is 10.6 Å². The molecule has 0 radical (unpaired) electrons. The number of carboxylic acids is 1. The van der Waals surface area contributed by atoms with Crippen LogP contribution >= 0.6 is 0 Å². The number of β-amino-alcohol motifs (C(OH)–C–C–N with tert-alkyl or cyclic N) is 1. The molecule has 2 atom stereocenters. The van der Waals surface area contributed by atoms with Gasteiger partial charge in [-0.15, -0.1) is 0 Å². The topological polar surface area (TPSA) is 145 Å². The summed E-state index contributed by atoms with van der Waals surface area (Å²) in [6, 6.07) is 14.7. The zero-order valence-corrected chi connectivity index (χ0v) is 18.3. The number of carbonyl (C=O) groups is 4. The Morgan fingerprint density at radius 1 is 0.941 bits per heavy atom. The van der Waals surface area contributed by atoms with Crippen molar-refractivity contribution in [3.8, 4) is 11.1 Å². The quantitative estimate of drug-likeness (QED) is 0.469. The van der Waals surface area contributed by atoms with Gasteiger partial charge in [0.15, 0.2) is 0 Å². The lowest BCUT2D eigenvalue weighted by Crippen LogP contribution is -2.47. The van der Waals surface area contributed by atoms with Crippen molar-refractivity contribution in [1.29, 1.82) is 0 Å². The molecule has 0 saturated carbocycles. The third-order valence-electron chi connectivity index (χ3n) is 6.06. The van der Waals surface area contributed by atoms with Crippen LogP contribution in [0.3, 0.4) is 0 Å². The first-order chi connectivity index (χ1) is 16.3. The van der Waals surface area contributed by atoms with Crippen LogP contribution in [0.5, 0.6) is 0 Å². The van der Waals surface area contributed by atoms with E-state index in [4.69, 9.17) is 9.84 Å². The summed E-state index contributed by atoms with van der Waals surface area (Å²) >= 11 is 0. The molecule has 4 N–H and O–H groups in total. The van der Waals surface area contributed by atoms with Crippen molar-refractivity contribution >= 4 is 23.9 Å². The number of benzene rings is 2. The highest BCUT2D eigenvalue weighted by atomic mass is 16.5. The van der Waals surface area contributed by atoms with E-state index in [-0.39, 0.29) is 25.5 Å². The zero-order valence-electron chi connectivity index (χ0n) is 18.3. The van der Waals surface area contributed by atoms with Crippen molar-refractivity contribution < 1.29 is 34.1 Å². The number of hydrogen-bond donors (Lipinski definition) is 4. The molecule has 0 aromatic heterocycles. The van der Waals surface area contributed by atoms with Gasteiger partial charge in [0, 0.05) is 18.9 Å². The fourth-order valence-electron chi connectivity index (χ4n) is 4.46. The molecule has 1 heterocycles. The molecule has 2 aliphatic rings. The first-order valence-electron chi connectivity index (χ1n) is 10.9. The predicted molar refractivity (Wildman–Crippen MR) is 120 cm³/mol. The number of aliphatic hydroxyl groups is 1. The van der Waals surface area contributed by atoms with Gasteiger partial charge in [-0.05, 0) is 22.3 Å². The van der Waals surface area contributed by atoms with Crippen LogP contribution in [-0.2, 0) is 19.1 Å². The second-order valence-corrected chi connectivity index (χ2v) is 8.25. The molecule has 34 heavy (non-hydrogen) atoms. The molecular formula is C24H25N3O7. The molecule has 3 amide bonds. The minimum absolute atomic E-state index is 0.0572. The molecule has 10 heteroatoms. The first kappa shape index (κ1) is 23.2. The van der Waals surface area contributed by atoms with Crippen molar-refractivity contribution in [2.45, 2.75) is 24.5 Å². The number of fused-ring (bicyclic) bond motifs is 3. The summed E-state index contributed by atoms with van der Waals surface area (Å²) in [6.45, 7) is -0.853. The van der Waals surface area contributed by atoms with E-state index in [1.54, 1.807) is 0 Å². The number of alkyl carbamates (subject to hydrolysis) is 1. The van der Waals surface area contributed by atoms with Crippen molar-refractivity contribution in [3.05, 3.63) is 59.7 Å². The molecule has 0 spiro atoms. The smallest absolute Gasteiger partial charge is 0.407 e. The van der Waals surface area contributed by atoms with E-state index in [1.165, 1.54) is 0 Å². The predicted octanol–water partition coefficient (Wildman–Crippen LogP) is 0.688. The molecule has 0 unspecified atom stereocenters. The average molecular weight is 467 g/mol. The molecule has 178 valence electrons. The van der Waals surface area contributed by atoms with E-state index in [0.29, 0.717) is 0 Å². The van der Waals surface area contributed by atoms with E-state index in [9.17, 15) is 24.3 Å². The van der Waals surface area contributed by atoms with Gasteiger partial charge in [0.2, 0.25) is 11.8 Å². The molecule has 2 aromatic carbocycles. The summed E-state index contributed by atoms with van der Waals surface area (Å²) in [6.07, 6.45) is -1.74. The van der Waals surface area contributed by atoms with Crippen LogP contribution in [0.4, 0.5) is 4.79 Å². The van der Waals surface area contributed by atoms with Gasteiger partial charge in [0.25, 0.3) is 0 Å². The fraction of sp³-hybridized carbons (Fsp3) is 0.333. The van der Waals surface area contributed by atoms with Crippen LogP contribution in [0.2, 0.25) is 0 Å². The van der Waals surface area contributed by atoms with Crippen molar-refractivity contribution in [1.82, 2.24) is 15.5 Å². The number of rotatable bonds is 7. The normalized spacial score (nSPS) is 18.7. The Morgan fingerprint density at radius 3 is 2.18 bits per heavy atom. The van der Waals surface area contributed by atoms with Gasteiger partial charge >= 0.3 is 12.1 Å². The summed E-state index contributed by atoms with van der Waals surface area (Å²) < 4.78 is 5.35. The lowest BCUT2D eigenvalue weighted by molar-refractivity contribution is -0.148. The number of hydrogen-bond acceptors (Lipinski definition) is 6. The van der Waals surface area contributed by atoms with Crippen molar-refractivity contribution in [2.75, 3.05) is 26.2 Å². The molecule has 10 nitrogen and oxygen atoms in total. The lowest BCUT2D eigenvalue weighted by atomic mass is 9.98. The SMILES string of the molecule is O=C(CNC(=O)OCC1c2ccccc2-c2ccccc21)NCC(=O)N1C[C@H](O)C[C@H]1C(=O)O. The minimum Gasteiger partial charge on any atom is -0.480 e. The average Bonchev–Trinajstić information content (AvgIpc) is 3.38. The standard InChI is InChI=1S/C24H25N3O7/c28-14-9-20(23(31)32)27(12-14)22(30)11-25-21(29)10-26-24(33)34-13-19-17-7-3-1-5-15(17)16-6-2-4-8-18(16)19/h1-8,14,19-20,28H,9-13H2,(H,25,29)(H,26,33)(H,31,32)/t14-,20+/m1/s1. The van der Waals surface area contributed by atoms with E-state index in [2.05, 4.69) is 10.6 Å². The molecule has 1 fully saturated rings. The third-order valence-corrected chi connectivity index (χ3v) is 6.06. The minimum atomic E-state index is -1.21. The number of aliphatic carboxylic acids is 1. The zero-order chi connectivity index (χ0) is 24.2. The monoisotopic (exact) mass is 467 g/mol. The molecule has 1 aliphatic carbocycles. The van der Waals surface area contributed by atoms with E-state index in [1.807, 2.05) is 48.5 Å². The molecule has 4 rings (SSSR count). The number of nitrogens with zero attached hydrogens (tertiary/aromatic N) is 1. The van der Waals surface area contributed by atoms with E-state index < -0.39 is 49.1 Å². The highest BCUT2D eigenvalue weighted by Crippen LogP contribution is 2.44. The summed E-state index contributed by atoms with van der Waals surface area (Å²) in [5.41, 5.74) is 4.34. The number of amides is 3. The van der Waals surface area contributed by atoms with Crippen LogP contribution in [0.25, 0.3) is 11.1 Å². The number of nitrogens with one attached hydrogen (secondary N) is 2. The summed E-state index contributed by atoms with van der Waals surface area (Å²) in [5, 5.41) is 23.5. The highest BCUT2D eigenvalue weighted by Gasteiger charge is 2.38. The largest absolute Gasteiger partial charge is 0.480 e. The van der Waals surface area contributed by atoms with Crippen LogP contribution in [0, 0.1) is 0 Å². The Labute approximate surface area is 195 Å². The van der Waals surface area contributed by atoms with Gasteiger partial charge in [0.1, 0.15) is 19.2 Å².